The minimum Gasteiger partial charge on any atom is -0.466 e. The molecule has 4 aliphatic carbocycles. The molecule has 1 atom stereocenters. The summed E-state index contributed by atoms with van der Waals surface area (Å²) in [6.07, 6.45) is 6.87. The van der Waals surface area contributed by atoms with Gasteiger partial charge in [0.15, 0.2) is 0 Å². The van der Waals surface area contributed by atoms with Crippen LogP contribution in [-0.2, 0) is 19.1 Å². The number of thioether (sulfide) groups is 1. The highest BCUT2D eigenvalue weighted by atomic mass is 32.2. The fraction of sp³-hybridized carbons (Fsp3) is 0.517. The van der Waals surface area contributed by atoms with Crippen LogP contribution in [0.1, 0.15) is 67.3 Å². The van der Waals surface area contributed by atoms with Crippen LogP contribution in [0.2, 0.25) is 0 Å². The number of methoxy groups -OCH3 is 2. The Balaban J connectivity index is 1.43. The lowest BCUT2D eigenvalue weighted by Crippen LogP contribution is -2.50. The van der Waals surface area contributed by atoms with E-state index in [1.165, 1.54) is 45.2 Å². The number of ketones is 1. The van der Waals surface area contributed by atoms with Crippen molar-refractivity contribution in [3.05, 3.63) is 57.3 Å². The summed E-state index contributed by atoms with van der Waals surface area (Å²) in [6.45, 7) is 1.78. The van der Waals surface area contributed by atoms with Crippen molar-refractivity contribution in [2.75, 3.05) is 20.0 Å². The molecular weight excluding hydrogens is 488 g/mol. The van der Waals surface area contributed by atoms with Crippen molar-refractivity contribution in [3.63, 3.8) is 0 Å². The zero-order chi connectivity index (χ0) is 26.3. The third-order valence-electron chi connectivity index (χ3n) is 8.70. The maximum absolute atomic E-state index is 13.6. The van der Waals surface area contributed by atoms with Gasteiger partial charge in [-0.3, -0.25) is 4.79 Å². The largest absolute Gasteiger partial charge is 0.466 e. The molecule has 4 saturated carbocycles. The van der Waals surface area contributed by atoms with Gasteiger partial charge >= 0.3 is 11.9 Å². The van der Waals surface area contributed by atoms with Gasteiger partial charge in [-0.05, 0) is 80.9 Å². The van der Waals surface area contributed by atoms with Gasteiger partial charge in [0.2, 0.25) is 0 Å². The van der Waals surface area contributed by atoms with Crippen molar-refractivity contribution in [3.8, 4) is 6.07 Å². The summed E-state index contributed by atoms with van der Waals surface area (Å²) < 4.78 is 9.84. The molecule has 0 radical (unpaired) electrons. The molecule has 8 heteroatoms. The molecule has 1 aromatic rings. The smallest absolute Gasteiger partial charge is 0.337 e. The quantitative estimate of drug-likeness (QED) is 0.508. The lowest BCUT2D eigenvalue weighted by molar-refractivity contribution is -0.141. The molecule has 4 fully saturated rings. The zero-order valence-electron chi connectivity index (χ0n) is 21.5. The second-order valence-corrected chi connectivity index (χ2v) is 12.0. The number of benzene rings is 1. The number of nitrogens with one attached hydrogen (secondary N) is 1. The summed E-state index contributed by atoms with van der Waals surface area (Å²) in [4.78, 5) is 38.3. The average Bonchev–Trinajstić information content (AvgIpc) is 2.89. The number of dihydropyridines is 1. The van der Waals surface area contributed by atoms with E-state index in [1.54, 1.807) is 31.2 Å². The molecule has 7 nitrogen and oxygen atoms in total. The van der Waals surface area contributed by atoms with Crippen molar-refractivity contribution < 1.29 is 23.9 Å². The van der Waals surface area contributed by atoms with E-state index in [4.69, 9.17) is 9.47 Å². The first kappa shape index (κ1) is 25.6. The maximum atomic E-state index is 13.6. The summed E-state index contributed by atoms with van der Waals surface area (Å²) in [7, 11) is 2.62. The van der Waals surface area contributed by atoms with Gasteiger partial charge in [0.05, 0.1) is 53.7 Å². The van der Waals surface area contributed by atoms with E-state index in [2.05, 4.69) is 11.4 Å². The first-order valence-electron chi connectivity index (χ1n) is 12.8. The molecule has 0 aromatic heterocycles. The Labute approximate surface area is 221 Å². The summed E-state index contributed by atoms with van der Waals surface area (Å²) in [5.74, 6) is 0.978. The van der Waals surface area contributed by atoms with Crippen molar-refractivity contribution in [2.45, 2.75) is 51.4 Å². The molecule has 1 heterocycles. The Kier molecular flexibility index (Phi) is 6.93. The summed E-state index contributed by atoms with van der Waals surface area (Å²) in [5.41, 5.74) is 2.13. The second-order valence-electron chi connectivity index (χ2n) is 11.0. The highest BCUT2D eigenvalue weighted by Crippen LogP contribution is 2.60. The standard InChI is InChI=1S/C29H32N2O5S/c1-16-24(28(34)36-3)25(20-4-6-21(7-5-20)27(33)35-2)22(14-30)26(31-16)37-15-23(32)29-11-17-8-18(12-29)10-19(9-17)13-29/h4-7,17-19,25,31H,8-13,15H2,1-3H3. The highest BCUT2D eigenvalue weighted by Gasteiger charge is 2.54. The van der Waals surface area contributed by atoms with Crippen LogP contribution in [0.5, 0.6) is 0 Å². The van der Waals surface area contributed by atoms with E-state index in [1.807, 2.05) is 0 Å². The predicted octanol–water partition coefficient (Wildman–Crippen LogP) is 4.86. The van der Waals surface area contributed by atoms with Crippen LogP contribution in [0.3, 0.4) is 0 Å². The summed E-state index contributed by atoms with van der Waals surface area (Å²) >= 11 is 1.36. The molecule has 5 aliphatic rings. The minimum absolute atomic E-state index is 0.199. The number of ether oxygens (including phenoxy) is 2. The average molecular weight is 521 g/mol. The number of carbonyl (C=O) groups is 3. The number of esters is 2. The van der Waals surface area contributed by atoms with Crippen LogP contribution in [0, 0.1) is 34.5 Å². The van der Waals surface area contributed by atoms with Gasteiger partial charge in [0.25, 0.3) is 0 Å². The van der Waals surface area contributed by atoms with E-state index < -0.39 is 17.9 Å². The molecule has 6 rings (SSSR count). The van der Waals surface area contributed by atoms with Crippen molar-refractivity contribution >= 4 is 29.5 Å². The van der Waals surface area contributed by atoms with Crippen LogP contribution < -0.4 is 5.32 Å². The number of hydrogen-bond donors (Lipinski definition) is 1. The lowest BCUT2D eigenvalue weighted by atomic mass is 9.48. The van der Waals surface area contributed by atoms with E-state index in [-0.39, 0.29) is 5.41 Å². The molecule has 4 bridgehead atoms. The number of rotatable bonds is 7. The van der Waals surface area contributed by atoms with Crippen molar-refractivity contribution in [2.24, 2.45) is 23.2 Å². The fourth-order valence-electron chi connectivity index (χ4n) is 7.41. The third kappa shape index (κ3) is 4.59. The minimum atomic E-state index is -0.678. The van der Waals surface area contributed by atoms with Crippen LogP contribution >= 0.6 is 11.8 Å². The van der Waals surface area contributed by atoms with E-state index in [9.17, 15) is 19.6 Å². The number of allylic oxidation sites excluding steroid dienone is 2. The van der Waals surface area contributed by atoms with Crippen LogP contribution in [0.15, 0.2) is 46.1 Å². The zero-order valence-corrected chi connectivity index (χ0v) is 22.3. The molecule has 1 aliphatic heterocycles. The molecule has 0 saturated heterocycles. The Hall–Kier alpha value is -3.05. The topological polar surface area (TPSA) is 105 Å². The normalized spacial score (nSPS) is 30.0. The first-order chi connectivity index (χ1) is 17.8. The van der Waals surface area contributed by atoms with Crippen LogP contribution in [0.25, 0.3) is 0 Å². The molecule has 37 heavy (non-hydrogen) atoms. The van der Waals surface area contributed by atoms with Gasteiger partial charge in [0, 0.05) is 11.1 Å². The number of nitrogens with zero attached hydrogens (tertiary/aromatic N) is 1. The van der Waals surface area contributed by atoms with E-state index in [0.29, 0.717) is 62.3 Å². The summed E-state index contributed by atoms with van der Waals surface area (Å²) in [6, 6.07) is 8.97. The number of hydrogen-bond acceptors (Lipinski definition) is 8. The molecule has 0 spiro atoms. The molecule has 1 unspecified atom stereocenters. The maximum Gasteiger partial charge on any atom is 0.337 e. The Bertz CT molecular complexity index is 1200. The number of carbonyl (C=O) groups excluding carboxylic acids is 3. The van der Waals surface area contributed by atoms with Crippen LogP contribution in [0.4, 0.5) is 0 Å². The third-order valence-corrected chi connectivity index (χ3v) is 9.71. The van der Waals surface area contributed by atoms with Gasteiger partial charge in [-0.1, -0.05) is 23.9 Å². The molecular formula is C29H32N2O5S. The van der Waals surface area contributed by atoms with Gasteiger partial charge in [0.1, 0.15) is 5.78 Å². The van der Waals surface area contributed by atoms with Gasteiger partial charge in [-0.15, -0.1) is 0 Å². The van der Waals surface area contributed by atoms with Gasteiger partial charge < -0.3 is 14.8 Å². The second kappa shape index (κ2) is 10.0. The SMILES string of the molecule is COC(=O)C1=C(C)NC(SCC(=O)C23CC4CC(CC(C4)C2)C3)=C(C#N)C1c1ccc(C(=O)OC)cc1. The fourth-order valence-corrected chi connectivity index (χ4v) is 8.54. The van der Waals surface area contributed by atoms with Crippen LogP contribution in [-0.4, -0.2) is 37.7 Å². The van der Waals surface area contributed by atoms with Gasteiger partial charge in [-0.25, -0.2) is 9.59 Å². The molecule has 194 valence electrons. The van der Waals surface area contributed by atoms with E-state index in [0.717, 1.165) is 19.3 Å². The van der Waals surface area contributed by atoms with E-state index >= 15 is 0 Å². The Morgan fingerprint density at radius 3 is 2.08 bits per heavy atom. The highest BCUT2D eigenvalue weighted by molar-refractivity contribution is 8.03. The molecule has 1 aromatic carbocycles. The van der Waals surface area contributed by atoms with Crippen molar-refractivity contribution in [1.82, 2.24) is 5.32 Å². The Morgan fingerprint density at radius 2 is 1.57 bits per heavy atom. The number of Topliss-reactive ketones (excluding diaryl/α,β-unsaturated/α-hetero) is 1. The summed E-state index contributed by atoms with van der Waals surface area (Å²) in [5, 5.41) is 14.0. The molecule has 1 N–H and O–H groups in total. The monoisotopic (exact) mass is 520 g/mol. The van der Waals surface area contributed by atoms with Gasteiger partial charge in [-0.2, -0.15) is 5.26 Å². The first-order valence-corrected chi connectivity index (χ1v) is 13.8. The number of nitriles is 1. The molecule has 0 amide bonds. The Morgan fingerprint density at radius 1 is 1.00 bits per heavy atom. The lowest BCUT2D eigenvalue weighted by Gasteiger charge is -2.56. The predicted molar refractivity (Wildman–Crippen MR) is 139 cm³/mol. The van der Waals surface area contributed by atoms with Crippen molar-refractivity contribution in [1.29, 1.82) is 5.26 Å².